The number of aliphatic hydroxyl groups is 1. The maximum Gasteiger partial charge on any atom is 0.127 e. The fourth-order valence-electron chi connectivity index (χ4n) is 2.13. The van der Waals surface area contributed by atoms with Crippen molar-refractivity contribution in [3.8, 4) is 0 Å². The van der Waals surface area contributed by atoms with Crippen LogP contribution in [0.4, 0.5) is 4.39 Å². The molecule has 2 atom stereocenters. The molecule has 21 heavy (non-hydrogen) atoms. The van der Waals surface area contributed by atoms with Gasteiger partial charge in [-0.05, 0) is 33.3 Å². The molecule has 0 aliphatic rings. The molecule has 2 unspecified atom stereocenters. The van der Waals surface area contributed by atoms with Crippen molar-refractivity contribution in [2.24, 2.45) is 0 Å². The number of ether oxygens (including phenoxy) is 1. The molecule has 4 heteroatoms. The van der Waals surface area contributed by atoms with Crippen LogP contribution in [-0.2, 0) is 11.3 Å². The molecule has 0 spiro atoms. The summed E-state index contributed by atoms with van der Waals surface area (Å²) in [5.41, 5.74) is 0.662. The summed E-state index contributed by atoms with van der Waals surface area (Å²) in [5.74, 6) is -0.196. The van der Waals surface area contributed by atoms with E-state index in [1.54, 1.807) is 12.1 Å². The first-order valence-electron chi connectivity index (χ1n) is 7.71. The van der Waals surface area contributed by atoms with E-state index in [1.165, 1.54) is 6.07 Å². The summed E-state index contributed by atoms with van der Waals surface area (Å²) in [6, 6.07) is 7.08. The van der Waals surface area contributed by atoms with Gasteiger partial charge in [0.2, 0.25) is 0 Å². The average molecular weight is 297 g/mol. The highest BCUT2D eigenvalue weighted by atomic mass is 19.1. The van der Waals surface area contributed by atoms with Crippen LogP contribution in [0.5, 0.6) is 0 Å². The zero-order valence-electron chi connectivity index (χ0n) is 13.6. The van der Waals surface area contributed by atoms with Gasteiger partial charge in [0.05, 0.1) is 18.8 Å². The van der Waals surface area contributed by atoms with Crippen molar-refractivity contribution in [1.29, 1.82) is 0 Å². The molecule has 0 saturated heterocycles. The number of aliphatic hydroxyl groups excluding tert-OH is 1. The maximum atomic E-state index is 13.8. The lowest BCUT2D eigenvalue weighted by Gasteiger charge is -2.30. The third-order valence-electron chi connectivity index (χ3n) is 3.61. The minimum Gasteiger partial charge on any atom is -0.389 e. The second-order valence-electron chi connectivity index (χ2n) is 5.81. The Labute approximate surface area is 127 Å². The Bertz CT molecular complexity index is 412. The Morgan fingerprint density at radius 1 is 1.24 bits per heavy atom. The summed E-state index contributed by atoms with van der Waals surface area (Å²) in [5, 5.41) is 10.1. The third-order valence-corrected chi connectivity index (χ3v) is 3.61. The molecule has 0 aliphatic carbocycles. The molecule has 1 N–H and O–H groups in total. The molecule has 0 heterocycles. The third kappa shape index (κ3) is 6.55. The normalized spacial score (nSPS) is 14.7. The molecule has 0 fully saturated rings. The summed E-state index contributed by atoms with van der Waals surface area (Å²) < 4.78 is 19.2. The first-order chi connectivity index (χ1) is 9.93. The monoisotopic (exact) mass is 297 g/mol. The number of rotatable bonds is 9. The summed E-state index contributed by atoms with van der Waals surface area (Å²) >= 11 is 0. The van der Waals surface area contributed by atoms with Gasteiger partial charge in [0.1, 0.15) is 5.82 Å². The first-order valence-corrected chi connectivity index (χ1v) is 7.71. The smallest absolute Gasteiger partial charge is 0.127 e. The summed E-state index contributed by atoms with van der Waals surface area (Å²) in [4.78, 5) is 2.10. The lowest BCUT2D eigenvalue weighted by molar-refractivity contribution is -0.0150. The second-order valence-corrected chi connectivity index (χ2v) is 5.81. The predicted molar refractivity (Wildman–Crippen MR) is 83.7 cm³/mol. The summed E-state index contributed by atoms with van der Waals surface area (Å²) in [6.45, 7) is 9.36. The Balaban J connectivity index is 2.66. The highest BCUT2D eigenvalue weighted by Crippen LogP contribution is 2.14. The van der Waals surface area contributed by atoms with E-state index >= 15 is 0 Å². The van der Waals surface area contributed by atoms with E-state index in [-0.39, 0.29) is 18.0 Å². The van der Waals surface area contributed by atoms with Gasteiger partial charge in [0.15, 0.2) is 0 Å². The van der Waals surface area contributed by atoms with E-state index in [1.807, 2.05) is 19.9 Å². The van der Waals surface area contributed by atoms with E-state index in [9.17, 15) is 9.50 Å². The van der Waals surface area contributed by atoms with Gasteiger partial charge in [-0.2, -0.15) is 0 Å². The Morgan fingerprint density at radius 3 is 2.48 bits per heavy atom. The fraction of sp³-hybridized carbons (Fsp3) is 0.647. The van der Waals surface area contributed by atoms with Crippen LogP contribution in [0.2, 0.25) is 0 Å². The Morgan fingerprint density at radius 2 is 1.90 bits per heavy atom. The number of halogens is 1. The second kappa shape index (κ2) is 9.13. The predicted octanol–water partition coefficient (Wildman–Crippen LogP) is 3.21. The van der Waals surface area contributed by atoms with Crippen molar-refractivity contribution in [3.05, 3.63) is 35.6 Å². The van der Waals surface area contributed by atoms with Crippen LogP contribution in [-0.4, -0.2) is 41.4 Å². The van der Waals surface area contributed by atoms with Gasteiger partial charge in [-0.25, -0.2) is 4.39 Å². The lowest BCUT2D eigenvalue weighted by Crippen LogP contribution is -2.40. The summed E-state index contributed by atoms with van der Waals surface area (Å²) in [7, 11) is 0. The average Bonchev–Trinajstić information content (AvgIpc) is 2.45. The molecule has 1 rings (SSSR count). The molecule has 1 aromatic carbocycles. The van der Waals surface area contributed by atoms with Crippen molar-refractivity contribution in [1.82, 2.24) is 4.90 Å². The minimum absolute atomic E-state index is 0.100. The molecule has 0 radical (unpaired) electrons. The van der Waals surface area contributed by atoms with E-state index in [0.717, 1.165) is 6.42 Å². The molecule has 0 aliphatic heterocycles. The Kier molecular flexibility index (Phi) is 7.86. The van der Waals surface area contributed by atoms with Crippen molar-refractivity contribution in [2.75, 3.05) is 13.2 Å². The van der Waals surface area contributed by atoms with Crippen molar-refractivity contribution < 1.29 is 14.2 Å². The molecule has 120 valence electrons. The number of hydrogen-bond acceptors (Lipinski definition) is 3. The topological polar surface area (TPSA) is 32.7 Å². The van der Waals surface area contributed by atoms with Crippen molar-refractivity contribution in [2.45, 2.75) is 58.9 Å². The van der Waals surface area contributed by atoms with E-state index in [2.05, 4.69) is 18.7 Å². The van der Waals surface area contributed by atoms with Crippen molar-refractivity contribution in [3.63, 3.8) is 0 Å². The van der Waals surface area contributed by atoms with Crippen LogP contribution in [0.15, 0.2) is 24.3 Å². The van der Waals surface area contributed by atoms with E-state index in [0.29, 0.717) is 25.3 Å². The number of benzene rings is 1. The SMILES string of the molecule is CCC(C)N(Cc1ccccc1F)CC(O)COC(C)C. The fourth-order valence-corrected chi connectivity index (χ4v) is 2.13. The van der Waals surface area contributed by atoms with Gasteiger partial charge in [-0.1, -0.05) is 25.1 Å². The molecule has 3 nitrogen and oxygen atoms in total. The highest BCUT2D eigenvalue weighted by Gasteiger charge is 2.18. The van der Waals surface area contributed by atoms with Gasteiger partial charge < -0.3 is 9.84 Å². The largest absolute Gasteiger partial charge is 0.389 e. The first kappa shape index (κ1) is 18.1. The molecular weight excluding hydrogens is 269 g/mol. The molecule has 0 bridgehead atoms. The molecular formula is C17H28FNO2. The zero-order chi connectivity index (χ0) is 15.8. The van der Waals surface area contributed by atoms with Crippen LogP contribution in [0.3, 0.4) is 0 Å². The van der Waals surface area contributed by atoms with Gasteiger partial charge in [-0.3, -0.25) is 4.90 Å². The van der Waals surface area contributed by atoms with Crippen LogP contribution in [0.1, 0.15) is 39.7 Å². The van der Waals surface area contributed by atoms with Crippen LogP contribution in [0, 0.1) is 5.82 Å². The van der Waals surface area contributed by atoms with E-state index in [4.69, 9.17) is 4.74 Å². The highest BCUT2D eigenvalue weighted by molar-refractivity contribution is 5.17. The zero-order valence-corrected chi connectivity index (χ0v) is 13.6. The minimum atomic E-state index is -0.562. The standard InChI is InChI=1S/C17H28FNO2/c1-5-14(4)19(11-16(20)12-21-13(2)3)10-15-8-6-7-9-17(15)18/h6-9,13-14,16,20H,5,10-12H2,1-4H3. The van der Waals surface area contributed by atoms with Crippen LogP contribution in [0.25, 0.3) is 0 Å². The molecule has 0 amide bonds. The number of nitrogens with zero attached hydrogens (tertiary/aromatic N) is 1. The Hall–Kier alpha value is -0.970. The van der Waals surface area contributed by atoms with Crippen molar-refractivity contribution >= 4 is 0 Å². The van der Waals surface area contributed by atoms with Gasteiger partial charge in [0.25, 0.3) is 0 Å². The summed E-state index contributed by atoms with van der Waals surface area (Å²) in [6.07, 6.45) is 0.489. The molecule has 0 saturated carbocycles. The van der Waals surface area contributed by atoms with Gasteiger partial charge in [-0.15, -0.1) is 0 Å². The van der Waals surface area contributed by atoms with Gasteiger partial charge >= 0.3 is 0 Å². The quantitative estimate of drug-likeness (QED) is 0.759. The van der Waals surface area contributed by atoms with Gasteiger partial charge in [0, 0.05) is 24.7 Å². The lowest BCUT2D eigenvalue weighted by atomic mass is 10.1. The van der Waals surface area contributed by atoms with E-state index < -0.39 is 6.10 Å². The van der Waals surface area contributed by atoms with Crippen LogP contribution >= 0.6 is 0 Å². The molecule has 0 aromatic heterocycles. The number of hydrogen-bond donors (Lipinski definition) is 1. The maximum absolute atomic E-state index is 13.8. The van der Waals surface area contributed by atoms with Crippen LogP contribution < -0.4 is 0 Å². The molecule has 1 aromatic rings.